The van der Waals surface area contributed by atoms with Crippen LogP contribution in [0.15, 0.2) is 35.5 Å². The lowest BCUT2D eigenvalue weighted by Gasteiger charge is -2.36. The number of carbonyl (C=O) groups excluding carboxylic acids is 2. The normalized spacial score (nSPS) is 24.3. The van der Waals surface area contributed by atoms with Crippen LogP contribution in [-0.4, -0.2) is 30.3 Å². The highest BCUT2D eigenvalue weighted by atomic mass is 16.2. The first kappa shape index (κ1) is 20.0. The number of carbonyl (C=O) groups is 2. The number of hydrogen-bond donors (Lipinski definition) is 2. The Labute approximate surface area is 173 Å². The van der Waals surface area contributed by atoms with Crippen molar-refractivity contribution in [2.75, 3.05) is 16.8 Å². The number of fused-ring (bicyclic) bond motifs is 1. The van der Waals surface area contributed by atoms with E-state index >= 15 is 0 Å². The van der Waals surface area contributed by atoms with E-state index in [1.807, 2.05) is 24.3 Å². The highest BCUT2D eigenvalue weighted by molar-refractivity contribution is 6.01. The molecule has 0 radical (unpaired) electrons. The van der Waals surface area contributed by atoms with Crippen molar-refractivity contribution in [3.63, 3.8) is 0 Å². The highest BCUT2D eigenvalue weighted by Gasteiger charge is 2.39. The molecule has 3 aliphatic rings. The SMILES string of the molecule is C[C@@H]1C2=C(CC(C)(C)CC2=O)Nc2ccccc2N1CC(=O)NC1CCCCC1. The van der Waals surface area contributed by atoms with Crippen LogP contribution < -0.4 is 15.5 Å². The third kappa shape index (κ3) is 4.19. The molecule has 4 rings (SSSR count). The van der Waals surface area contributed by atoms with E-state index in [9.17, 15) is 9.59 Å². The Balaban J connectivity index is 1.63. The number of Topliss-reactive ketones (excluding diaryl/α,β-unsaturated/α-hetero) is 1. The number of nitrogens with zero attached hydrogens (tertiary/aromatic N) is 1. The van der Waals surface area contributed by atoms with Gasteiger partial charge in [0.1, 0.15) is 0 Å². The molecule has 1 amide bonds. The molecule has 2 aliphatic carbocycles. The molecule has 0 aromatic heterocycles. The van der Waals surface area contributed by atoms with Gasteiger partial charge in [0.2, 0.25) is 5.91 Å². The van der Waals surface area contributed by atoms with Gasteiger partial charge in [-0.15, -0.1) is 0 Å². The Morgan fingerprint density at radius 2 is 1.90 bits per heavy atom. The summed E-state index contributed by atoms with van der Waals surface area (Å²) < 4.78 is 0. The molecule has 1 atom stereocenters. The lowest BCUT2D eigenvalue weighted by Crippen LogP contribution is -2.47. The summed E-state index contributed by atoms with van der Waals surface area (Å²) in [4.78, 5) is 28.1. The van der Waals surface area contributed by atoms with Crippen LogP contribution in [0.5, 0.6) is 0 Å². The Morgan fingerprint density at radius 1 is 1.17 bits per heavy atom. The van der Waals surface area contributed by atoms with Crippen LogP contribution in [0.25, 0.3) is 0 Å². The maximum atomic E-state index is 13.1. The van der Waals surface area contributed by atoms with Crippen molar-refractivity contribution in [2.45, 2.75) is 77.8 Å². The summed E-state index contributed by atoms with van der Waals surface area (Å²) in [5.74, 6) is 0.243. The van der Waals surface area contributed by atoms with E-state index in [1.165, 1.54) is 19.3 Å². The van der Waals surface area contributed by atoms with Gasteiger partial charge in [-0.25, -0.2) is 0 Å². The average molecular weight is 396 g/mol. The van der Waals surface area contributed by atoms with E-state index in [2.05, 4.69) is 36.3 Å². The number of rotatable bonds is 3. The molecule has 1 heterocycles. The molecule has 156 valence electrons. The number of benzene rings is 1. The predicted molar refractivity (Wildman–Crippen MR) is 117 cm³/mol. The summed E-state index contributed by atoms with van der Waals surface area (Å²) in [6.45, 7) is 6.62. The first-order valence-electron chi connectivity index (χ1n) is 11.0. The number of hydrogen-bond acceptors (Lipinski definition) is 4. The van der Waals surface area contributed by atoms with Crippen LogP contribution in [0, 0.1) is 5.41 Å². The Hall–Kier alpha value is -2.30. The van der Waals surface area contributed by atoms with E-state index < -0.39 is 0 Å². The largest absolute Gasteiger partial charge is 0.357 e. The van der Waals surface area contributed by atoms with Gasteiger partial charge < -0.3 is 15.5 Å². The fourth-order valence-corrected chi connectivity index (χ4v) is 5.18. The van der Waals surface area contributed by atoms with Crippen molar-refractivity contribution in [3.05, 3.63) is 35.5 Å². The van der Waals surface area contributed by atoms with Crippen LogP contribution in [0.2, 0.25) is 0 Å². The molecule has 0 saturated heterocycles. The molecular weight excluding hydrogens is 362 g/mol. The highest BCUT2D eigenvalue weighted by Crippen LogP contribution is 2.43. The molecule has 29 heavy (non-hydrogen) atoms. The van der Waals surface area contributed by atoms with Gasteiger partial charge in [-0.1, -0.05) is 45.2 Å². The summed E-state index contributed by atoms with van der Waals surface area (Å²) in [7, 11) is 0. The molecule has 0 bridgehead atoms. The first-order valence-corrected chi connectivity index (χ1v) is 11.0. The average Bonchev–Trinajstić information content (AvgIpc) is 2.76. The van der Waals surface area contributed by atoms with E-state index in [0.29, 0.717) is 12.5 Å². The van der Waals surface area contributed by atoms with Crippen LogP contribution in [0.4, 0.5) is 11.4 Å². The maximum absolute atomic E-state index is 13.1. The van der Waals surface area contributed by atoms with Crippen LogP contribution in [0.1, 0.15) is 65.7 Å². The lowest BCUT2D eigenvalue weighted by atomic mass is 9.74. The number of amides is 1. The van der Waals surface area contributed by atoms with Crippen molar-refractivity contribution in [1.29, 1.82) is 0 Å². The minimum Gasteiger partial charge on any atom is -0.357 e. The minimum absolute atomic E-state index is 0.0474. The summed E-state index contributed by atoms with van der Waals surface area (Å²) in [5.41, 5.74) is 3.76. The van der Waals surface area contributed by atoms with E-state index in [4.69, 9.17) is 0 Å². The van der Waals surface area contributed by atoms with Crippen molar-refractivity contribution >= 4 is 23.1 Å². The molecule has 0 unspecified atom stereocenters. The monoisotopic (exact) mass is 395 g/mol. The molecular formula is C24H33N3O2. The standard InChI is InChI=1S/C24H33N3O2/c1-16-23-19(13-24(2,3)14-21(23)28)26-18-11-7-8-12-20(18)27(16)15-22(29)25-17-9-5-4-6-10-17/h7-8,11-12,16-17,26H,4-6,9-10,13-15H2,1-3H3,(H,25,29)/t16-/m1/s1. The topological polar surface area (TPSA) is 61.4 Å². The number of nitrogens with one attached hydrogen (secondary N) is 2. The first-order chi connectivity index (χ1) is 13.8. The van der Waals surface area contributed by atoms with Gasteiger partial charge in [0.25, 0.3) is 0 Å². The van der Waals surface area contributed by atoms with Crippen molar-refractivity contribution in [3.8, 4) is 0 Å². The molecule has 1 aliphatic heterocycles. The number of ketones is 1. The lowest BCUT2D eigenvalue weighted by molar-refractivity contribution is -0.121. The molecule has 1 aromatic rings. The van der Waals surface area contributed by atoms with E-state index in [1.54, 1.807) is 0 Å². The van der Waals surface area contributed by atoms with Crippen molar-refractivity contribution < 1.29 is 9.59 Å². The van der Waals surface area contributed by atoms with Crippen LogP contribution >= 0.6 is 0 Å². The Morgan fingerprint density at radius 3 is 2.66 bits per heavy atom. The van der Waals surface area contributed by atoms with Gasteiger partial charge in [-0.2, -0.15) is 0 Å². The molecule has 1 aromatic carbocycles. The second-order valence-corrected chi connectivity index (χ2v) is 9.68. The quantitative estimate of drug-likeness (QED) is 0.796. The molecule has 2 N–H and O–H groups in total. The molecule has 1 saturated carbocycles. The van der Waals surface area contributed by atoms with Gasteiger partial charge in [0.15, 0.2) is 5.78 Å². The summed E-state index contributed by atoms with van der Waals surface area (Å²) in [6.07, 6.45) is 7.19. The van der Waals surface area contributed by atoms with E-state index in [0.717, 1.165) is 41.9 Å². The number of para-hydroxylation sites is 2. The zero-order chi connectivity index (χ0) is 20.6. The zero-order valence-electron chi connectivity index (χ0n) is 17.9. The minimum atomic E-state index is -0.137. The van der Waals surface area contributed by atoms with Gasteiger partial charge in [0.05, 0.1) is 24.0 Å². The van der Waals surface area contributed by atoms with Gasteiger partial charge in [0, 0.05) is 23.7 Å². The molecule has 0 spiro atoms. The van der Waals surface area contributed by atoms with Crippen LogP contribution in [0.3, 0.4) is 0 Å². The number of allylic oxidation sites excluding steroid dienone is 1. The third-order valence-electron chi connectivity index (χ3n) is 6.59. The van der Waals surface area contributed by atoms with Gasteiger partial charge in [-0.05, 0) is 43.7 Å². The molecule has 5 nitrogen and oxygen atoms in total. The zero-order valence-corrected chi connectivity index (χ0v) is 17.9. The fourth-order valence-electron chi connectivity index (χ4n) is 5.18. The van der Waals surface area contributed by atoms with Gasteiger partial charge in [-0.3, -0.25) is 9.59 Å². The molecule has 5 heteroatoms. The van der Waals surface area contributed by atoms with Crippen LogP contribution in [-0.2, 0) is 9.59 Å². The summed E-state index contributed by atoms with van der Waals surface area (Å²) >= 11 is 0. The van der Waals surface area contributed by atoms with Gasteiger partial charge >= 0.3 is 0 Å². The third-order valence-corrected chi connectivity index (χ3v) is 6.59. The summed E-state index contributed by atoms with van der Waals surface area (Å²) in [5, 5.41) is 6.78. The second-order valence-electron chi connectivity index (χ2n) is 9.68. The Kier molecular flexibility index (Phi) is 5.41. The maximum Gasteiger partial charge on any atom is 0.239 e. The molecule has 1 fully saturated rings. The summed E-state index contributed by atoms with van der Waals surface area (Å²) in [6, 6.07) is 8.23. The van der Waals surface area contributed by atoms with Crippen molar-refractivity contribution in [2.24, 2.45) is 5.41 Å². The second kappa shape index (κ2) is 7.85. The smallest absolute Gasteiger partial charge is 0.239 e. The van der Waals surface area contributed by atoms with E-state index in [-0.39, 0.29) is 29.7 Å². The van der Waals surface area contributed by atoms with Crippen molar-refractivity contribution in [1.82, 2.24) is 5.32 Å². The fraction of sp³-hybridized carbons (Fsp3) is 0.583. The predicted octanol–water partition coefficient (Wildman–Crippen LogP) is 4.40. The Bertz CT molecular complexity index is 836. The number of anilines is 2.